The van der Waals surface area contributed by atoms with Crippen molar-refractivity contribution in [3.8, 4) is 52.8 Å². The lowest BCUT2D eigenvalue weighted by atomic mass is 10.2. The van der Waals surface area contributed by atoms with Gasteiger partial charge in [0.25, 0.3) is 0 Å². The van der Waals surface area contributed by atoms with Crippen LogP contribution in [0.4, 0.5) is 95.3 Å². The van der Waals surface area contributed by atoms with Gasteiger partial charge in [-0.1, -0.05) is 33.2 Å². The first-order valence-corrected chi connectivity index (χ1v) is 27.1. The molecule has 0 atom stereocenters. The normalized spacial score (nSPS) is 11.3. The zero-order valence-corrected chi connectivity index (χ0v) is 50.8. The zero-order chi connectivity index (χ0) is 74.3. The summed E-state index contributed by atoms with van der Waals surface area (Å²) < 4.78 is 199. The Labute approximate surface area is 567 Å². The van der Waals surface area contributed by atoms with Crippen LogP contribution in [0.2, 0.25) is 0 Å². The molecule has 11 rings (SSSR count). The van der Waals surface area contributed by atoms with Crippen molar-refractivity contribution in [3.63, 3.8) is 0 Å². The molecule has 0 amide bonds. The van der Waals surface area contributed by atoms with Gasteiger partial charge >= 0.3 is 48.9 Å². The van der Waals surface area contributed by atoms with Crippen LogP contribution < -0.4 is 27.8 Å². The van der Waals surface area contributed by atoms with Gasteiger partial charge < -0.3 is 51.8 Å². The van der Waals surface area contributed by atoms with Crippen LogP contribution in [-0.4, -0.2) is 92.4 Å². The number of nitrogens with two attached hydrogens (primary N) is 3. The highest BCUT2D eigenvalue weighted by atomic mass is 79.9. The predicted molar refractivity (Wildman–Crippen MR) is 323 cm³/mol. The summed E-state index contributed by atoms with van der Waals surface area (Å²) in [4.78, 5) is 40.8. The molecule has 11 aromatic rings. The first kappa shape index (κ1) is 79.2. The van der Waals surface area contributed by atoms with E-state index in [1.54, 1.807) is 36.5 Å². The van der Waals surface area contributed by atoms with Crippen molar-refractivity contribution < 1.29 is 89.8 Å². The number of hydrogen-bond donors (Lipinski definition) is 7. The number of pyridine rings is 8. The Morgan fingerprint density at radius 1 is 0.402 bits per heavy atom. The van der Waals surface area contributed by atoms with Crippen LogP contribution in [0.3, 0.4) is 0 Å². The number of anilines is 5. The van der Waals surface area contributed by atoms with E-state index < -0.39 is 58.7 Å². The molecule has 0 fully saturated rings. The van der Waals surface area contributed by atoms with E-state index in [0.717, 1.165) is 65.1 Å². The average Bonchev–Trinajstić information content (AvgIpc) is 1.58. The van der Waals surface area contributed by atoms with Gasteiger partial charge in [-0.15, -0.1) is 0 Å². The van der Waals surface area contributed by atoms with E-state index in [0.29, 0.717) is 48.1 Å². The van der Waals surface area contributed by atoms with E-state index in [-0.39, 0.29) is 94.5 Å². The highest BCUT2D eigenvalue weighted by molar-refractivity contribution is 9.10. The molecule has 11 heterocycles. The number of nitrogens with one attached hydrogen (secondary N) is 2. The Morgan fingerprint density at radius 2 is 0.706 bits per heavy atom. The third-order valence-corrected chi connectivity index (χ3v) is 11.7. The van der Waals surface area contributed by atoms with Crippen LogP contribution in [0, 0.1) is 34.0 Å². The van der Waals surface area contributed by atoms with Gasteiger partial charge in [0.1, 0.15) is 63.8 Å². The highest BCUT2D eigenvalue weighted by Crippen LogP contribution is 2.33. The van der Waals surface area contributed by atoms with Crippen LogP contribution in [0.15, 0.2) is 175 Å². The van der Waals surface area contributed by atoms with Gasteiger partial charge in [-0.25, -0.2) is 15.0 Å². The fraction of sp³-hybridized carbons (Fsp3) is 0.105. The molecule has 0 aliphatic carbocycles. The first-order valence-electron chi connectivity index (χ1n) is 26.3. The molecule has 0 saturated heterocycles. The molecule has 11 aromatic heterocycles. The summed E-state index contributed by atoms with van der Waals surface area (Å²) in [7, 11) is 0. The summed E-state index contributed by atoms with van der Waals surface area (Å²) in [6.45, 7) is 0. The van der Waals surface area contributed by atoms with Gasteiger partial charge in [-0.3, -0.25) is 24.9 Å². The molecular formula is C57H38BrF15N24O5. The monoisotopic (exact) mass is 1500 g/mol. The van der Waals surface area contributed by atoms with Gasteiger partial charge in [-0.05, 0) is 113 Å². The van der Waals surface area contributed by atoms with E-state index in [4.69, 9.17) is 52.4 Å². The molecule has 0 aromatic carbocycles. The average molecular weight is 1500 g/mol. The molecule has 45 heteroatoms. The van der Waals surface area contributed by atoms with Crippen LogP contribution in [0.1, 0.15) is 63.7 Å². The molecule has 102 heavy (non-hydrogen) atoms. The minimum atomic E-state index is -4.47. The quantitative estimate of drug-likeness (QED) is 0.0232. The standard InChI is InChI=1S/C14H10F3N7O2.C14H7F3N6O.C8H5F3N4O.C7H6F3N3O.C7H3F3N2.C6H3BrN2.CH4/c15-14(16,17)7-1-3-10(19-5-7)12-22-13(26-24-12)21-8-2-4-9(20-6-8)11(18)23-25;15-14(16,17)8-1-4-11(20-6-8)12-22-13(24-23-12)21-10-3-2-9(5-18)19-7-10;9-8(10,11)4-1-2-5(13-3-4)6-14-7(12)16-15-6;8-7(9,10)4-1-2-5(12-3-4)6(11)13-14;8-7(9,10)5-1-2-6(3-11)12-4-5;7-5-1-2-6(3-8)9-4-5;/h1-6,25H,(H2,18,23)(H,21,22,24);1-4,6-7H,(H,21,22,23);1-3H,(H2,12,14,15);1-3,14H,(H2,11,13);1-2,4H;1-2,4H;1H4. The third-order valence-electron chi connectivity index (χ3n) is 11.3. The maximum Gasteiger partial charge on any atom is 0.417 e. The highest BCUT2D eigenvalue weighted by Gasteiger charge is 2.34. The summed E-state index contributed by atoms with van der Waals surface area (Å²) in [5.41, 5.74) is 13.7. The summed E-state index contributed by atoms with van der Waals surface area (Å²) in [6.07, 6.45) is -14.5. The largest absolute Gasteiger partial charge is 0.417 e. The smallest absolute Gasteiger partial charge is 0.409 e. The number of rotatable bonds is 9. The molecule has 0 bridgehead atoms. The van der Waals surface area contributed by atoms with E-state index in [9.17, 15) is 65.9 Å². The third kappa shape index (κ3) is 24.2. The number of hydrogen-bond acceptors (Lipinski definition) is 27. The number of nitrogens with zero attached hydrogens (tertiary/aromatic N) is 19. The lowest BCUT2D eigenvalue weighted by molar-refractivity contribution is -0.138. The Bertz CT molecular complexity index is 4660. The number of amidine groups is 2. The Morgan fingerprint density at radius 3 is 0.980 bits per heavy atom. The first-order chi connectivity index (χ1) is 47.6. The lowest BCUT2D eigenvalue weighted by Crippen LogP contribution is -2.15. The Balaban J connectivity index is 0.000000228. The van der Waals surface area contributed by atoms with Crippen LogP contribution in [0.25, 0.3) is 34.6 Å². The second kappa shape index (κ2) is 35.1. The van der Waals surface area contributed by atoms with E-state index >= 15 is 0 Å². The minimum absolute atomic E-state index is 0. The van der Waals surface area contributed by atoms with Gasteiger partial charge in [0.05, 0.1) is 51.6 Å². The summed E-state index contributed by atoms with van der Waals surface area (Å²) in [5.74, 6) is -0.384. The fourth-order valence-corrected chi connectivity index (χ4v) is 6.70. The summed E-state index contributed by atoms with van der Waals surface area (Å²) >= 11 is 3.20. The topological polar surface area (TPSA) is 459 Å². The summed E-state index contributed by atoms with van der Waals surface area (Å²) in [6, 6.07) is 24.6. The van der Waals surface area contributed by atoms with Crippen molar-refractivity contribution in [1.82, 2.24) is 70.3 Å². The van der Waals surface area contributed by atoms with Crippen LogP contribution in [0.5, 0.6) is 0 Å². The van der Waals surface area contributed by atoms with E-state index in [2.05, 4.69) is 112 Å². The molecular weight excluding hydrogens is 1470 g/mol. The second-order valence-electron chi connectivity index (χ2n) is 18.2. The van der Waals surface area contributed by atoms with E-state index in [1.807, 2.05) is 12.1 Å². The van der Waals surface area contributed by atoms with Crippen molar-refractivity contribution in [3.05, 3.63) is 207 Å². The number of nitrogen functional groups attached to an aromatic ring is 1. The maximum atomic E-state index is 12.5. The van der Waals surface area contributed by atoms with Crippen molar-refractivity contribution in [2.45, 2.75) is 38.3 Å². The van der Waals surface area contributed by atoms with Gasteiger partial charge in [0.2, 0.25) is 17.5 Å². The number of alkyl halides is 15. The molecule has 0 aliphatic heterocycles. The predicted octanol–water partition coefficient (Wildman–Crippen LogP) is 12.8. The van der Waals surface area contributed by atoms with Crippen LogP contribution in [-0.2, 0) is 30.9 Å². The van der Waals surface area contributed by atoms with E-state index in [1.165, 1.54) is 24.5 Å². The fourth-order valence-electron chi connectivity index (χ4n) is 6.46. The Kier molecular flexibility index (Phi) is 27.2. The molecule has 29 nitrogen and oxygen atoms in total. The Hall–Kier alpha value is -13.5. The number of nitriles is 3. The molecule has 0 saturated carbocycles. The van der Waals surface area contributed by atoms with Crippen molar-refractivity contribution in [2.75, 3.05) is 16.4 Å². The molecule has 0 unspecified atom stereocenters. The molecule has 10 N–H and O–H groups in total. The van der Waals surface area contributed by atoms with Gasteiger partial charge in [-0.2, -0.15) is 96.6 Å². The van der Waals surface area contributed by atoms with Crippen molar-refractivity contribution >= 4 is 57.0 Å². The number of halogens is 16. The van der Waals surface area contributed by atoms with Crippen molar-refractivity contribution in [2.24, 2.45) is 21.8 Å². The lowest BCUT2D eigenvalue weighted by Gasteiger charge is -2.05. The number of aromatic nitrogens is 14. The second-order valence-corrected chi connectivity index (χ2v) is 19.1. The van der Waals surface area contributed by atoms with Crippen LogP contribution >= 0.6 is 15.9 Å². The molecule has 528 valence electrons. The molecule has 0 aliphatic rings. The summed E-state index contributed by atoms with van der Waals surface area (Å²) in [5, 5.41) is 63.7. The SMILES string of the molecule is C.N#Cc1ccc(Br)cn1.N#Cc1ccc(C(F)(F)F)cn1.N#Cc1ccc(Nc2nc(-c3ccc(C(F)(F)F)cn3)no2)cn1.N/C(=N\O)c1ccc(C(F)(F)F)cn1.N/C(=N\O)c1ccc(Nc2nc(-c3ccc(C(F)(F)F)cn3)no2)cn1.Nc1nc(-c2ccc(C(F)(F)F)cn2)no1. The van der Waals surface area contributed by atoms with Gasteiger partial charge in [0.15, 0.2) is 11.7 Å². The zero-order valence-electron chi connectivity index (χ0n) is 49.3. The van der Waals surface area contributed by atoms with Crippen molar-refractivity contribution in [1.29, 1.82) is 15.8 Å². The maximum absolute atomic E-state index is 12.5. The number of oxime groups is 2. The molecule has 0 spiro atoms. The van der Waals surface area contributed by atoms with Gasteiger partial charge in [0, 0.05) is 41.7 Å². The molecule has 0 radical (unpaired) electrons. The minimum Gasteiger partial charge on any atom is -0.409 e.